The zero-order valence-corrected chi connectivity index (χ0v) is 10.0. The molecule has 0 amide bonds. The van der Waals surface area contributed by atoms with E-state index in [-0.39, 0.29) is 6.04 Å². The average molecular weight is 224 g/mol. The van der Waals surface area contributed by atoms with Crippen LogP contribution in [0.1, 0.15) is 37.5 Å². The van der Waals surface area contributed by atoms with Crippen molar-refractivity contribution in [3.63, 3.8) is 0 Å². The van der Waals surface area contributed by atoms with Gasteiger partial charge < -0.3 is 15.2 Å². The Labute approximate surface area is 96.0 Å². The van der Waals surface area contributed by atoms with E-state index in [0.29, 0.717) is 11.7 Å². The molecule has 1 aliphatic rings. The largest absolute Gasteiger partial charge is 0.339 e. The summed E-state index contributed by atoms with van der Waals surface area (Å²) in [5.74, 6) is 1.98. The van der Waals surface area contributed by atoms with Crippen molar-refractivity contribution in [2.75, 3.05) is 20.1 Å². The molecule has 16 heavy (non-hydrogen) atoms. The lowest BCUT2D eigenvalue weighted by atomic mass is 9.95. The minimum absolute atomic E-state index is 0.147. The molecule has 2 atom stereocenters. The van der Waals surface area contributed by atoms with Gasteiger partial charge in [-0.1, -0.05) is 5.16 Å². The summed E-state index contributed by atoms with van der Waals surface area (Å²) >= 11 is 0. The first-order valence-electron chi connectivity index (χ1n) is 5.91. The normalized spacial score (nSPS) is 24.6. The molecule has 1 aromatic rings. The lowest BCUT2D eigenvalue weighted by molar-refractivity contribution is 0.199. The smallest absolute Gasteiger partial charge is 0.227 e. The molecule has 2 unspecified atom stereocenters. The van der Waals surface area contributed by atoms with Gasteiger partial charge in [-0.3, -0.25) is 0 Å². The number of nitrogens with two attached hydrogens (primary N) is 1. The van der Waals surface area contributed by atoms with E-state index < -0.39 is 0 Å². The van der Waals surface area contributed by atoms with Gasteiger partial charge in [-0.05, 0) is 39.3 Å². The summed E-state index contributed by atoms with van der Waals surface area (Å²) in [5.41, 5.74) is 5.69. The third-order valence-corrected chi connectivity index (χ3v) is 3.08. The van der Waals surface area contributed by atoms with E-state index >= 15 is 0 Å². The van der Waals surface area contributed by atoms with Crippen LogP contribution in [0.2, 0.25) is 0 Å². The molecule has 2 heterocycles. The molecule has 0 saturated carbocycles. The number of likely N-dealkylation sites (tertiary alicyclic amines) is 1. The van der Waals surface area contributed by atoms with Crippen molar-refractivity contribution in [3.8, 4) is 0 Å². The highest BCUT2D eigenvalue weighted by Gasteiger charge is 2.20. The fourth-order valence-electron chi connectivity index (χ4n) is 2.22. The van der Waals surface area contributed by atoms with Gasteiger partial charge in [-0.2, -0.15) is 4.98 Å². The quantitative estimate of drug-likeness (QED) is 0.828. The first-order valence-corrected chi connectivity index (χ1v) is 5.91. The van der Waals surface area contributed by atoms with Gasteiger partial charge in [0.25, 0.3) is 0 Å². The second kappa shape index (κ2) is 4.93. The van der Waals surface area contributed by atoms with Crippen LogP contribution in [-0.2, 0) is 6.42 Å². The van der Waals surface area contributed by atoms with Gasteiger partial charge in [0.15, 0.2) is 5.82 Å². The Kier molecular flexibility index (Phi) is 3.56. The van der Waals surface area contributed by atoms with Crippen molar-refractivity contribution in [3.05, 3.63) is 11.7 Å². The highest BCUT2D eigenvalue weighted by molar-refractivity contribution is 4.92. The van der Waals surface area contributed by atoms with E-state index in [4.69, 9.17) is 10.3 Å². The van der Waals surface area contributed by atoms with Crippen molar-refractivity contribution in [1.82, 2.24) is 15.0 Å². The van der Waals surface area contributed by atoms with Gasteiger partial charge in [0.1, 0.15) is 0 Å². The minimum atomic E-state index is -0.147. The van der Waals surface area contributed by atoms with Crippen LogP contribution >= 0.6 is 0 Å². The second-order valence-corrected chi connectivity index (χ2v) is 4.81. The number of hydrogen-bond donors (Lipinski definition) is 1. The topological polar surface area (TPSA) is 68.2 Å². The van der Waals surface area contributed by atoms with Crippen LogP contribution in [0.5, 0.6) is 0 Å². The average Bonchev–Trinajstić information content (AvgIpc) is 2.66. The number of nitrogens with zero attached hydrogens (tertiary/aromatic N) is 3. The summed E-state index contributed by atoms with van der Waals surface area (Å²) in [7, 11) is 2.16. The zero-order chi connectivity index (χ0) is 11.5. The lowest BCUT2D eigenvalue weighted by Crippen LogP contribution is -2.33. The van der Waals surface area contributed by atoms with Crippen LogP contribution < -0.4 is 5.73 Å². The maximum Gasteiger partial charge on any atom is 0.227 e. The second-order valence-electron chi connectivity index (χ2n) is 4.81. The van der Waals surface area contributed by atoms with E-state index in [1.54, 1.807) is 0 Å². The zero-order valence-electron chi connectivity index (χ0n) is 10.0. The Hall–Kier alpha value is -0.940. The lowest BCUT2D eigenvalue weighted by Gasteiger charge is -2.28. The molecule has 1 fully saturated rings. The summed E-state index contributed by atoms with van der Waals surface area (Å²) < 4.78 is 5.20. The molecule has 5 nitrogen and oxygen atoms in total. The Morgan fingerprint density at radius 3 is 3.06 bits per heavy atom. The van der Waals surface area contributed by atoms with Gasteiger partial charge in [-0.15, -0.1) is 0 Å². The molecule has 1 aromatic heterocycles. The molecular weight excluding hydrogens is 204 g/mol. The molecule has 0 bridgehead atoms. The minimum Gasteiger partial charge on any atom is -0.339 e. The van der Waals surface area contributed by atoms with Crippen LogP contribution in [0.25, 0.3) is 0 Å². The molecule has 0 radical (unpaired) electrons. The van der Waals surface area contributed by atoms with E-state index in [1.807, 2.05) is 6.92 Å². The van der Waals surface area contributed by atoms with Crippen LogP contribution in [0, 0.1) is 5.92 Å². The number of aromatic nitrogens is 2. The van der Waals surface area contributed by atoms with Crippen molar-refractivity contribution in [2.45, 2.75) is 32.2 Å². The molecule has 0 aliphatic carbocycles. The maximum atomic E-state index is 5.69. The Morgan fingerprint density at radius 2 is 2.44 bits per heavy atom. The van der Waals surface area contributed by atoms with Crippen molar-refractivity contribution in [1.29, 1.82) is 0 Å². The highest BCUT2D eigenvalue weighted by Crippen LogP contribution is 2.19. The first-order chi connectivity index (χ1) is 7.65. The van der Waals surface area contributed by atoms with Crippen molar-refractivity contribution < 1.29 is 4.52 Å². The number of piperidine rings is 1. The molecule has 2 rings (SSSR count). The molecule has 90 valence electrons. The Balaban J connectivity index is 1.92. The summed E-state index contributed by atoms with van der Waals surface area (Å²) in [6.45, 7) is 4.18. The molecule has 0 spiro atoms. The monoisotopic (exact) mass is 224 g/mol. The van der Waals surface area contributed by atoms with Gasteiger partial charge in [0, 0.05) is 13.0 Å². The van der Waals surface area contributed by atoms with E-state index in [0.717, 1.165) is 18.9 Å². The summed E-state index contributed by atoms with van der Waals surface area (Å²) in [4.78, 5) is 6.67. The predicted octanol–water partition coefficient (Wildman–Crippen LogP) is 0.974. The van der Waals surface area contributed by atoms with Crippen LogP contribution in [0.15, 0.2) is 4.52 Å². The molecule has 0 aromatic carbocycles. The highest BCUT2D eigenvalue weighted by atomic mass is 16.5. The molecule has 1 aliphatic heterocycles. The van der Waals surface area contributed by atoms with E-state index in [1.165, 1.54) is 19.4 Å². The predicted molar refractivity (Wildman–Crippen MR) is 60.8 cm³/mol. The number of rotatable bonds is 3. The summed E-state index contributed by atoms with van der Waals surface area (Å²) in [6, 6.07) is -0.147. The van der Waals surface area contributed by atoms with Crippen LogP contribution in [-0.4, -0.2) is 35.2 Å². The standard InChI is InChI=1S/C11H20N4O/c1-8(12)11-13-10(16-14-11)6-9-4-3-5-15(2)7-9/h8-9H,3-7,12H2,1-2H3. The van der Waals surface area contributed by atoms with Crippen LogP contribution in [0.3, 0.4) is 0 Å². The van der Waals surface area contributed by atoms with Gasteiger partial charge in [-0.25, -0.2) is 0 Å². The first kappa shape index (κ1) is 11.5. The molecule has 2 N–H and O–H groups in total. The van der Waals surface area contributed by atoms with Crippen molar-refractivity contribution in [2.24, 2.45) is 11.7 Å². The van der Waals surface area contributed by atoms with Crippen molar-refractivity contribution >= 4 is 0 Å². The fourth-order valence-corrected chi connectivity index (χ4v) is 2.22. The van der Waals surface area contributed by atoms with Gasteiger partial charge in [0.05, 0.1) is 6.04 Å². The summed E-state index contributed by atoms with van der Waals surface area (Å²) in [6.07, 6.45) is 3.39. The van der Waals surface area contributed by atoms with E-state index in [2.05, 4.69) is 22.1 Å². The van der Waals surface area contributed by atoms with Crippen LogP contribution in [0.4, 0.5) is 0 Å². The fraction of sp³-hybridized carbons (Fsp3) is 0.818. The Bertz CT molecular complexity index is 336. The molecule has 1 saturated heterocycles. The third kappa shape index (κ3) is 2.80. The SMILES string of the molecule is CC(N)c1noc(CC2CCCN(C)C2)n1. The molecular formula is C11H20N4O. The maximum absolute atomic E-state index is 5.69. The Morgan fingerprint density at radius 1 is 1.62 bits per heavy atom. The molecule has 5 heteroatoms. The summed E-state index contributed by atoms with van der Waals surface area (Å²) in [5, 5.41) is 3.88. The van der Waals surface area contributed by atoms with Gasteiger partial charge in [0.2, 0.25) is 5.89 Å². The third-order valence-electron chi connectivity index (χ3n) is 3.08. The number of hydrogen-bond acceptors (Lipinski definition) is 5. The van der Waals surface area contributed by atoms with E-state index in [9.17, 15) is 0 Å². The van der Waals surface area contributed by atoms with Gasteiger partial charge >= 0.3 is 0 Å².